The average molecular weight is 499 g/mol. The van der Waals surface area contributed by atoms with Crippen LogP contribution < -0.4 is 0 Å². The van der Waals surface area contributed by atoms with Crippen LogP contribution >= 0.6 is 0 Å². The third kappa shape index (κ3) is 17.6. The van der Waals surface area contributed by atoms with E-state index in [1.165, 1.54) is 77.0 Å². The molecule has 0 aliphatic rings. The molecule has 4 nitrogen and oxygen atoms in total. The van der Waals surface area contributed by atoms with E-state index in [1.54, 1.807) is 0 Å². The second-order valence-corrected chi connectivity index (χ2v) is 11.0. The number of hydrogen-bond donors (Lipinski definition) is 3. The molecule has 0 aromatic carbocycles. The van der Waals surface area contributed by atoms with Crippen molar-refractivity contribution in [2.75, 3.05) is 0 Å². The van der Waals surface area contributed by atoms with Crippen molar-refractivity contribution >= 4 is 5.78 Å². The lowest BCUT2D eigenvalue weighted by atomic mass is 9.80. The Hall–Kier alpha value is -0.450. The van der Waals surface area contributed by atoms with E-state index in [4.69, 9.17) is 0 Å². The van der Waals surface area contributed by atoms with E-state index in [-0.39, 0.29) is 12.2 Å². The van der Waals surface area contributed by atoms with Crippen LogP contribution in [0.3, 0.4) is 0 Å². The lowest BCUT2D eigenvalue weighted by Crippen LogP contribution is -2.54. The van der Waals surface area contributed by atoms with Gasteiger partial charge in [-0.2, -0.15) is 0 Å². The first kappa shape index (κ1) is 34.6. The third-order valence-electron chi connectivity index (χ3n) is 7.61. The Morgan fingerprint density at radius 2 is 0.943 bits per heavy atom. The van der Waals surface area contributed by atoms with E-state index in [0.717, 1.165) is 51.4 Å². The van der Waals surface area contributed by atoms with E-state index in [2.05, 4.69) is 20.8 Å². The first-order valence-corrected chi connectivity index (χ1v) is 15.6. The van der Waals surface area contributed by atoms with Crippen LogP contribution in [0.1, 0.15) is 175 Å². The lowest BCUT2D eigenvalue weighted by molar-refractivity contribution is -0.165. The smallest absolute Gasteiger partial charge is 0.167 e. The Bertz CT molecular complexity index is 467. The molecular weight excluding hydrogens is 436 g/mol. The van der Waals surface area contributed by atoms with E-state index in [1.807, 2.05) is 0 Å². The van der Waals surface area contributed by atoms with Crippen molar-refractivity contribution in [3.05, 3.63) is 0 Å². The fourth-order valence-corrected chi connectivity index (χ4v) is 5.05. The first-order chi connectivity index (χ1) is 16.9. The zero-order chi connectivity index (χ0) is 26.2. The summed E-state index contributed by atoms with van der Waals surface area (Å²) in [5, 5.41) is 32.3. The quantitative estimate of drug-likeness (QED) is 0.0993. The number of hydrogen-bond acceptors (Lipinski definition) is 4. The second kappa shape index (κ2) is 23.9. The highest BCUT2D eigenvalue weighted by molar-refractivity contribution is 5.87. The monoisotopic (exact) mass is 498 g/mol. The van der Waals surface area contributed by atoms with Crippen LogP contribution in [0.25, 0.3) is 0 Å². The average Bonchev–Trinajstić information content (AvgIpc) is 2.85. The normalized spacial score (nSPS) is 15.1. The molecule has 0 saturated carbocycles. The molecule has 0 rings (SSSR count). The largest absolute Gasteiger partial charge is 0.390 e. The van der Waals surface area contributed by atoms with Gasteiger partial charge in [-0.1, -0.05) is 149 Å². The zero-order valence-electron chi connectivity index (χ0n) is 23.9. The Balaban J connectivity index is 4.08. The number of aliphatic hydroxyl groups is 3. The standard InChI is InChI=1S/C31H62O4/c1-4-7-10-11-12-13-14-15-16-17-18-19-20-21-23-26-29(33)31(35,27-24-9-6-3)30(34)28(32)25-22-8-5-2/h28,30,32,34-35H,4-27H2,1-3H3. The van der Waals surface area contributed by atoms with Crippen molar-refractivity contribution in [2.45, 2.75) is 193 Å². The molecule has 4 heteroatoms. The topological polar surface area (TPSA) is 77.8 Å². The van der Waals surface area contributed by atoms with Crippen LogP contribution in [0, 0.1) is 0 Å². The Labute approximate surface area is 218 Å². The molecule has 0 fully saturated rings. The molecule has 0 aliphatic heterocycles. The maximum absolute atomic E-state index is 12.9. The van der Waals surface area contributed by atoms with Crippen LogP contribution in [0.2, 0.25) is 0 Å². The van der Waals surface area contributed by atoms with Crippen LogP contribution in [0.15, 0.2) is 0 Å². The van der Waals surface area contributed by atoms with Crippen molar-refractivity contribution in [1.82, 2.24) is 0 Å². The van der Waals surface area contributed by atoms with Gasteiger partial charge in [0.25, 0.3) is 0 Å². The predicted molar refractivity (Wildman–Crippen MR) is 150 cm³/mol. The van der Waals surface area contributed by atoms with Gasteiger partial charge in [0.05, 0.1) is 6.10 Å². The molecule has 0 heterocycles. The highest BCUT2D eigenvalue weighted by atomic mass is 16.4. The predicted octanol–water partition coefficient (Wildman–Crippen LogP) is 8.43. The zero-order valence-corrected chi connectivity index (χ0v) is 23.9. The number of Topliss-reactive ketones (excluding diaryl/α,β-unsaturated/α-hetero) is 1. The van der Waals surface area contributed by atoms with Crippen molar-refractivity contribution in [3.63, 3.8) is 0 Å². The SMILES string of the molecule is CCCCCCCCCCCCCCCCCC(=O)C(O)(CCCCC)C(O)C(O)CCCCC. The summed E-state index contributed by atoms with van der Waals surface area (Å²) in [4.78, 5) is 12.9. The van der Waals surface area contributed by atoms with Gasteiger partial charge in [0.2, 0.25) is 0 Å². The van der Waals surface area contributed by atoms with Gasteiger partial charge < -0.3 is 15.3 Å². The maximum atomic E-state index is 12.9. The van der Waals surface area contributed by atoms with Crippen molar-refractivity contribution in [1.29, 1.82) is 0 Å². The minimum absolute atomic E-state index is 0.240. The molecule has 0 aromatic rings. The van der Waals surface area contributed by atoms with Gasteiger partial charge in [-0.3, -0.25) is 4.79 Å². The van der Waals surface area contributed by atoms with Crippen molar-refractivity contribution in [3.8, 4) is 0 Å². The number of rotatable bonds is 27. The van der Waals surface area contributed by atoms with Gasteiger partial charge in [0.1, 0.15) is 6.10 Å². The number of carbonyl (C=O) groups excluding carboxylic acids is 1. The Morgan fingerprint density at radius 1 is 0.571 bits per heavy atom. The van der Waals surface area contributed by atoms with Gasteiger partial charge in [0.15, 0.2) is 11.4 Å². The summed E-state index contributed by atoms with van der Waals surface area (Å²) >= 11 is 0. The molecule has 0 aromatic heterocycles. The summed E-state index contributed by atoms with van der Waals surface area (Å²) in [5.74, 6) is -0.287. The maximum Gasteiger partial charge on any atom is 0.167 e. The summed E-state index contributed by atoms with van der Waals surface area (Å²) in [6.45, 7) is 6.43. The lowest BCUT2D eigenvalue weighted by Gasteiger charge is -2.34. The third-order valence-corrected chi connectivity index (χ3v) is 7.61. The molecule has 0 saturated heterocycles. The summed E-state index contributed by atoms with van der Waals surface area (Å²) in [5.41, 5.74) is -1.81. The number of unbranched alkanes of at least 4 members (excludes halogenated alkanes) is 18. The van der Waals surface area contributed by atoms with Gasteiger partial charge >= 0.3 is 0 Å². The summed E-state index contributed by atoms with van der Waals surface area (Å²) in [6, 6.07) is 0. The van der Waals surface area contributed by atoms with Gasteiger partial charge in [-0.15, -0.1) is 0 Å². The minimum Gasteiger partial charge on any atom is -0.390 e. The van der Waals surface area contributed by atoms with Crippen LogP contribution in [0.4, 0.5) is 0 Å². The molecule has 0 aliphatic carbocycles. The number of ketones is 1. The van der Waals surface area contributed by atoms with E-state index in [9.17, 15) is 20.1 Å². The van der Waals surface area contributed by atoms with Gasteiger partial charge in [0, 0.05) is 6.42 Å². The Kier molecular flexibility index (Phi) is 23.6. The van der Waals surface area contributed by atoms with E-state index in [0.29, 0.717) is 19.3 Å². The molecule has 0 amide bonds. The van der Waals surface area contributed by atoms with Crippen molar-refractivity contribution in [2.24, 2.45) is 0 Å². The number of carbonyl (C=O) groups is 1. The molecule has 0 radical (unpaired) electrons. The highest BCUT2D eigenvalue weighted by Crippen LogP contribution is 2.27. The van der Waals surface area contributed by atoms with Crippen LogP contribution in [-0.2, 0) is 4.79 Å². The minimum atomic E-state index is -1.81. The summed E-state index contributed by atoms with van der Waals surface area (Å²) in [7, 11) is 0. The van der Waals surface area contributed by atoms with E-state index < -0.39 is 17.8 Å². The summed E-state index contributed by atoms with van der Waals surface area (Å²) in [6.07, 6.45) is 23.0. The molecule has 35 heavy (non-hydrogen) atoms. The molecule has 0 spiro atoms. The Morgan fingerprint density at radius 3 is 1.40 bits per heavy atom. The highest BCUT2D eigenvalue weighted by Gasteiger charge is 2.44. The molecule has 3 atom stereocenters. The van der Waals surface area contributed by atoms with E-state index >= 15 is 0 Å². The first-order valence-electron chi connectivity index (χ1n) is 15.6. The fraction of sp³-hybridized carbons (Fsp3) is 0.968. The van der Waals surface area contributed by atoms with Gasteiger partial charge in [-0.25, -0.2) is 0 Å². The molecule has 3 unspecified atom stereocenters. The fourth-order valence-electron chi connectivity index (χ4n) is 5.05. The molecule has 3 N–H and O–H groups in total. The molecule has 210 valence electrons. The summed E-state index contributed by atoms with van der Waals surface area (Å²) < 4.78 is 0. The molecular formula is C31H62O4. The second-order valence-electron chi connectivity index (χ2n) is 11.0. The van der Waals surface area contributed by atoms with Crippen molar-refractivity contribution < 1.29 is 20.1 Å². The van der Waals surface area contributed by atoms with Crippen LogP contribution in [-0.4, -0.2) is 38.9 Å². The van der Waals surface area contributed by atoms with Crippen LogP contribution in [0.5, 0.6) is 0 Å². The van der Waals surface area contributed by atoms with Gasteiger partial charge in [-0.05, 0) is 19.3 Å². The number of aliphatic hydroxyl groups excluding tert-OH is 2. The molecule has 0 bridgehead atoms.